The Morgan fingerprint density at radius 1 is 1.23 bits per heavy atom. The maximum atomic E-state index is 11.9. The van der Waals surface area contributed by atoms with Crippen molar-refractivity contribution >= 4 is 28.5 Å². The number of hydrogen-bond acceptors (Lipinski definition) is 4. The van der Waals surface area contributed by atoms with Gasteiger partial charge >= 0.3 is 5.97 Å². The van der Waals surface area contributed by atoms with Crippen molar-refractivity contribution in [3.63, 3.8) is 0 Å². The first kappa shape index (κ1) is 18.3. The largest absolute Gasteiger partial charge is 0.491 e. The van der Waals surface area contributed by atoms with Gasteiger partial charge in [-0.3, -0.25) is 0 Å². The first-order valence-corrected chi connectivity index (χ1v) is 8.67. The van der Waals surface area contributed by atoms with E-state index in [4.69, 9.17) is 26.8 Å². The lowest BCUT2D eigenvalue weighted by Crippen LogP contribution is -2.30. The number of carbonyl (C=O) groups is 1. The van der Waals surface area contributed by atoms with E-state index in [0.29, 0.717) is 23.1 Å². The minimum Gasteiger partial charge on any atom is -0.491 e. The molecule has 136 valence electrons. The van der Waals surface area contributed by atoms with Crippen molar-refractivity contribution in [2.24, 2.45) is 12.8 Å². The zero-order valence-electron chi connectivity index (χ0n) is 14.7. The van der Waals surface area contributed by atoms with E-state index in [-0.39, 0.29) is 6.04 Å². The SMILES string of the molecule is COC(=O)c1cc2c(OC[C@H](N)Cc3ccccc3)ccc(Cl)c2n1C. The van der Waals surface area contributed by atoms with E-state index in [1.807, 2.05) is 30.3 Å². The molecule has 3 aromatic rings. The van der Waals surface area contributed by atoms with Gasteiger partial charge in [-0.1, -0.05) is 41.9 Å². The van der Waals surface area contributed by atoms with Gasteiger partial charge in [-0.25, -0.2) is 4.79 Å². The number of ether oxygens (including phenoxy) is 2. The Hall–Kier alpha value is -2.50. The molecule has 0 saturated heterocycles. The van der Waals surface area contributed by atoms with Crippen molar-refractivity contribution in [3.05, 3.63) is 64.8 Å². The molecule has 1 heterocycles. The maximum absolute atomic E-state index is 11.9. The quantitative estimate of drug-likeness (QED) is 0.672. The minimum absolute atomic E-state index is 0.146. The number of nitrogens with two attached hydrogens (primary N) is 1. The van der Waals surface area contributed by atoms with Crippen LogP contribution >= 0.6 is 11.6 Å². The number of esters is 1. The first-order valence-electron chi connectivity index (χ1n) is 8.29. The summed E-state index contributed by atoms with van der Waals surface area (Å²) >= 11 is 6.31. The van der Waals surface area contributed by atoms with Gasteiger partial charge in [0, 0.05) is 18.5 Å². The number of halogens is 1. The Kier molecular flexibility index (Phi) is 5.49. The molecule has 0 aliphatic carbocycles. The molecule has 2 aromatic carbocycles. The van der Waals surface area contributed by atoms with E-state index >= 15 is 0 Å². The molecule has 0 saturated carbocycles. The molecule has 0 aliphatic heterocycles. The van der Waals surface area contributed by atoms with Gasteiger partial charge in [0.1, 0.15) is 18.1 Å². The zero-order chi connectivity index (χ0) is 18.7. The van der Waals surface area contributed by atoms with Gasteiger partial charge in [0.2, 0.25) is 0 Å². The lowest BCUT2D eigenvalue weighted by molar-refractivity contribution is 0.0590. The molecule has 0 spiro atoms. The van der Waals surface area contributed by atoms with Crippen molar-refractivity contribution in [1.82, 2.24) is 4.57 Å². The van der Waals surface area contributed by atoms with Crippen molar-refractivity contribution in [2.45, 2.75) is 12.5 Å². The summed E-state index contributed by atoms with van der Waals surface area (Å²) in [6.07, 6.45) is 0.722. The fourth-order valence-corrected chi connectivity index (χ4v) is 3.29. The normalized spacial score (nSPS) is 12.2. The second kappa shape index (κ2) is 7.81. The summed E-state index contributed by atoms with van der Waals surface area (Å²) in [5.41, 5.74) is 8.50. The lowest BCUT2D eigenvalue weighted by atomic mass is 10.1. The van der Waals surface area contributed by atoms with Crippen LogP contribution in [0.15, 0.2) is 48.5 Å². The summed E-state index contributed by atoms with van der Waals surface area (Å²) in [6, 6.07) is 15.2. The number of nitrogens with zero attached hydrogens (tertiary/aromatic N) is 1. The molecule has 1 atom stereocenters. The molecule has 3 rings (SSSR count). The van der Waals surface area contributed by atoms with Gasteiger partial charge in [0.15, 0.2) is 0 Å². The monoisotopic (exact) mass is 372 g/mol. The Balaban J connectivity index is 1.82. The van der Waals surface area contributed by atoms with Crippen LogP contribution in [0.1, 0.15) is 16.1 Å². The highest BCUT2D eigenvalue weighted by atomic mass is 35.5. The third-order valence-electron chi connectivity index (χ3n) is 4.29. The van der Waals surface area contributed by atoms with Crippen LogP contribution in [0.3, 0.4) is 0 Å². The average molecular weight is 373 g/mol. The fraction of sp³-hybridized carbons (Fsp3) is 0.250. The molecule has 0 aliphatic rings. The molecule has 6 heteroatoms. The molecule has 0 bridgehead atoms. The highest BCUT2D eigenvalue weighted by molar-refractivity contribution is 6.35. The number of carbonyl (C=O) groups excluding carboxylic acids is 1. The summed E-state index contributed by atoms with van der Waals surface area (Å²) in [4.78, 5) is 11.9. The van der Waals surface area contributed by atoms with Gasteiger partial charge in [0.25, 0.3) is 0 Å². The molecule has 0 fully saturated rings. The van der Waals surface area contributed by atoms with Crippen LogP contribution in [0.4, 0.5) is 0 Å². The third-order valence-corrected chi connectivity index (χ3v) is 4.60. The fourth-order valence-electron chi connectivity index (χ4n) is 3.00. The van der Waals surface area contributed by atoms with Gasteiger partial charge in [0.05, 0.1) is 17.6 Å². The molecule has 2 N–H and O–H groups in total. The molecule has 0 radical (unpaired) electrons. The van der Waals surface area contributed by atoms with Gasteiger partial charge < -0.3 is 19.8 Å². The minimum atomic E-state index is -0.425. The molecular weight excluding hydrogens is 352 g/mol. The predicted octanol–water partition coefficient (Wildman–Crippen LogP) is 3.57. The standard InChI is InChI=1S/C20H21ClN2O3/c1-23-17(20(24)25-2)11-15-18(9-8-16(21)19(15)23)26-12-14(22)10-13-6-4-3-5-7-13/h3-9,11,14H,10,12,22H2,1-2H3/t14-/m1/s1. The topological polar surface area (TPSA) is 66.5 Å². The van der Waals surface area contributed by atoms with Crippen LogP contribution in [0.2, 0.25) is 5.02 Å². The summed E-state index contributed by atoms with van der Waals surface area (Å²) in [5.74, 6) is 0.213. The number of fused-ring (bicyclic) bond motifs is 1. The third kappa shape index (κ3) is 3.69. The van der Waals surface area contributed by atoms with Crippen molar-refractivity contribution in [1.29, 1.82) is 0 Å². The molecule has 5 nitrogen and oxygen atoms in total. The van der Waals surface area contributed by atoms with Crippen LogP contribution < -0.4 is 10.5 Å². The highest BCUT2D eigenvalue weighted by Crippen LogP contribution is 2.34. The van der Waals surface area contributed by atoms with Crippen LogP contribution in [0, 0.1) is 0 Å². The molecule has 0 amide bonds. The van der Waals surface area contributed by atoms with Gasteiger partial charge in [-0.05, 0) is 30.2 Å². The number of aryl methyl sites for hydroxylation is 1. The van der Waals surface area contributed by atoms with Crippen LogP contribution in [0.25, 0.3) is 10.9 Å². The Bertz CT molecular complexity index is 922. The van der Waals surface area contributed by atoms with Crippen LogP contribution in [0.5, 0.6) is 5.75 Å². The van der Waals surface area contributed by atoms with E-state index in [0.717, 1.165) is 22.9 Å². The van der Waals surface area contributed by atoms with Crippen molar-refractivity contribution < 1.29 is 14.3 Å². The Morgan fingerprint density at radius 3 is 2.65 bits per heavy atom. The summed E-state index contributed by atoms with van der Waals surface area (Å²) in [5, 5.41) is 1.30. The lowest BCUT2D eigenvalue weighted by Gasteiger charge is -2.14. The van der Waals surface area contributed by atoms with Gasteiger partial charge in [-0.2, -0.15) is 0 Å². The van der Waals surface area contributed by atoms with Crippen LogP contribution in [-0.4, -0.2) is 30.3 Å². The van der Waals surface area contributed by atoms with E-state index in [1.165, 1.54) is 7.11 Å². The van der Waals surface area contributed by atoms with E-state index < -0.39 is 5.97 Å². The second-order valence-corrected chi connectivity index (χ2v) is 6.56. The van der Waals surface area contributed by atoms with Crippen molar-refractivity contribution in [2.75, 3.05) is 13.7 Å². The van der Waals surface area contributed by atoms with E-state index in [1.54, 1.807) is 29.8 Å². The summed E-state index contributed by atoms with van der Waals surface area (Å²) < 4.78 is 12.5. The maximum Gasteiger partial charge on any atom is 0.354 e. The summed E-state index contributed by atoms with van der Waals surface area (Å²) in [6.45, 7) is 0.355. The smallest absolute Gasteiger partial charge is 0.354 e. The highest BCUT2D eigenvalue weighted by Gasteiger charge is 2.19. The number of rotatable bonds is 6. The van der Waals surface area contributed by atoms with Gasteiger partial charge in [-0.15, -0.1) is 0 Å². The van der Waals surface area contributed by atoms with Crippen LogP contribution in [-0.2, 0) is 18.2 Å². The number of methoxy groups -OCH3 is 1. The number of hydrogen-bond donors (Lipinski definition) is 1. The van der Waals surface area contributed by atoms with Crippen molar-refractivity contribution in [3.8, 4) is 5.75 Å². The Labute approximate surface area is 157 Å². The molecule has 0 unspecified atom stereocenters. The molecular formula is C20H21ClN2O3. The van der Waals surface area contributed by atoms with E-state index in [2.05, 4.69) is 0 Å². The molecule has 26 heavy (non-hydrogen) atoms. The Morgan fingerprint density at radius 2 is 1.96 bits per heavy atom. The zero-order valence-corrected chi connectivity index (χ0v) is 15.5. The second-order valence-electron chi connectivity index (χ2n) is 6.15. The average Bonchev–Trinajstić information content (AvgIpc) is 3.00. The summed E-state index contributed by atoms with van der Waals surface area (Å²) in [7, 11) is 3.12. The first-order chi connectivity index (χ1) is 12.5. The molecule has 1 aromatic heterocycles. The number of aromatic nitrogens is 1. The van der Waals surface area contributed by atoms with E-state index in [9.17, 15) is 4.79 Å². The number of benzene rings is 2. The predicted molar refractivity (Wildman–Crippen MR) is 103 cm³/mol.